The highest BCUT2D eigenvalue weighted by molar-refractivity contribution is 5.67. The fraction of sp³-hybridized carbons (Fsp3) is 0.294. The second-order valence-corrected chi connectivity index (χ2v) is 5.45. The molecule has 1 aromatic heterocycles. The predicted octanol–water partition coefficient (Wildman–Crippen LogP) is 1.29. The number of benzene rings is 1. The first-order chi connectivity index (χ1) is 11.5. The number of nitrogens with one attached hydrogen (secondary N) is 1. The molecule has 0 fully saturated rings. The molecule has 7 nitrogen and oxygen atoms in total. The average molecular weight is 331 g/mol. The molecule has 0 bridgehead atoms. The number of rotatable bonds is 6. The van der Waals surface area contributed by atoms with Gasteiger partial charge in [-0.1, -0.05) is 30.3 Å². The van der Waals surface area contributed by atoms with E-state index in [0.717, 1.165) is 11.1 Å². The van der Waals surface area contributed by atoms with Crippen LogP contribution in [0.4, 0.5) is 10.6 Å². The number of nitrogen functional groups attached to an aromatic ring is 1. The fourth-order valence-electron chi connectivity index (χ4n) is 2.14. The van der Waals surface area contributed by atoms with E-state index in [2.05, 4.69) is 10.3 Å². The van der Waals surface area contributed by atoms with Gasteiger partial charge in [0.15, 0.2) is 0 Å². The second kappa shape index (κ2) is 8.28. The van der Waals surface area contributed by atoms with Gasteiger partial charge in [0.1, 0.15) is 24.6 Å². The van der Waals surface area contributed by atoms with Crippen molar-refractivity contribution in [3.05, 3.63) is 59.3 Å². The lowest BCUT2D eigenvalue weighted by atomic mass is 10.1. The highest BCUT2D eigenvalue weighted by atomic mass is 16.5. The van der Waals surface area contributed by atoms with Crippen molar-refractivity contribution < 1.29 is 19.7 Å². The Bertz CT molecular complexity index is 659. The van der Waals surface area contributed by atoms with E-state index in [-0.39, 0.29) is 24.7 Å². The van der Waals surface area contributed by atoms with Crippen molar-refractivity contribution in [1.29, 1.82) is 0 Å². The van der Waals surface area contributed by atoms with Crippen LogP contribution in [-0.2, 0) is 11.3 Å². The molecule has 0 radical (unpaired) electrons. The molecule has 128 valence electrons. The van der Waals surface area contributed by atoms with Crippen LogP contribution in [-0.4, -0.2) is 33.9 Å². The van der Waals surface area contributed by atoms with Gasteiger partial charge in [-0.05, 0) is 30.2 Å². The number of nitrogens with zero attached hydrogens (tertiary/aromatic N) is 1. The number of amides is 1. The summed E-state index contributed by atoms with van der Waals surface area (Å²) in [6.07, 6.45) is -3.17. The van der Waals surface area contributed by atoms with E-state index in [9.17, 15) is 15.0 Å². The monoisotopic (exact) mass is 331 g/mol. The summed E-state index contributed by atoms with van der Waals surface area (Å²) in [4.78, 5) is 15.6. The lowest BCUT2D eigenvalue weighted by molar-refractivity contribution is 0.0160. The van der Waals surface area contributed by atoms with Crippen LogP contribution >= 0.6 is 0 Å². The highest BCUT2D eigenvalue weighted by Crippen LogP contribution is 2.17. The van der Waals surface area contributed by atoms with Gasteiger partial charge in [0.05, 0.1) is 5.69 Å². The van der Waals surface area contributed by atoms with Crippen LogP contribution in [0.2, 0.25) is 0 Å². The molecule has 1 heterocycles. The van der Waals surface area contributed by atoms with E-state index < -0.39 is 18.3 Å². The number of aliphatic hydroxyl groups is 2. The number of hydrogen-bond acceptors (Lipinski definition) is 6. The van der Waals surface area contributed by atoms with Crippen LogP contribution in [0.25, 0.3) is 0 Å². The molecule has 0 aliphatic carbocycles. The molecule has 0 aliphatic heterocycles. The van der Waals surface area contributed by atoms with E-state index >= 15 is 0 Å². The third-order valence-corrected chi connectivity index (χ3v) is 3.35. The van der Waals surface area contributed by atoms with Gasteiger partial charge >= 0.3 is 6.09 Å². The minimum atomic E-state index is -1.26. The van der Waals surface area contributed by atoms with Crippen LogP contribution in [0.15, 0.2) is 42.5 Å². The number of anilines is 1. The number of aryl methyl sites for hydroxylation is 1. The Balaban J connectivity index is 1.81. The predicted molar refractivity (Wildman–Crippen MR) is 89.0 cm³/mol. The molecule has 2 atom stereocenters. The smallest absolute Gasteiger partial charge is 0.407 e. The van der Waals surface area contributed by atoms with E-state index in [4.69, 9.17) is 10.5 Å². The summed E-state index contributed by atoms with van der Waals surface area (Å²) in [5.41, 5.74) is 7.54. The molecule has 0 aliphatic rings. The topological polar surface area (TPSA) is 118 Å². The summed E-state index contributed by atoms with van der Waals surface area (Å²) in [6.45, 7) is 1.76. The molecule has 1 aromatic carbocycles. The van der Waals surface area contributed by atoms with Crippen molar-refractivity contribution in [1.82, 2.24) is 10.3 Å². The first-order valence-electron chi connectivity index (χ1n) is 7.50. The summed E-state index contributed by atoms with van der Waals surface area (Å²) in [6, 6.07) is 12.5. The lowest BCUT2D eigenvalue weighted by Crippen LogP contribution is -2.36. The summed E-state index contributed by atoms with van der Waals surface area (Å²) in [7, 11) is 0. The molecule has 0 saturated carbocycles. The number of aromatic nitrogens is 1. The Morgan fingerprint density at radius 2 is 2.00 bits per heavy atom. The largest absolute Gasteiger partial charge is 0.445 e. The van der Waals surface area contributed by atoms with Crippen LogP contribution in [0.3, 0.4) is 0 Å². The quantitative estimate of drug-likeness (QED) is 0.633. The number of carbonyl (C=O) groups excluding carboxylic acids is 1. The van der Waals surface area contributed by atoms with E-state index in [0.29, 0.717) is 0 Å². The number of alkyl carbamates (subject to hydrolysis) is 1. The van der Waals surface area contributed by atoms with Crippen LogP contribution in [0.1, 0.15) is 22.9 Å². The van der Waals surface area contributed by atoms with E-state index in [1.807, 2.05) is 30.3 Å². The first-order valence-corrected chi connectivity index (χ1v) is 7.50. The van der Waals surface area contributed by atoms with Crippen LogP contribution in [0, 0.1) is 6.92 Å². The van der Waals surface area contributed by atoms with Crippen molar-refractivity contribution in [3.8, 4) is 0 Å². The molecular formula is C17H21N3O4. The summed E-state index contributed by atoms with van der Waals surface area (Å²) in [5, 5.41) is 22.5. The maximum Gasteiger partial charge on any atom is 0.407 e. The maximum absolute atomic E-state index is 11.6. The standard InChI is InChI=1S/C17H21N3O4/c1-11-7-13(20-15(18)8-11)16(22)14(21)9-19-17(23)24-10-12-5-3-2-4-6-12/h2-8,14,16,21-22H,9-10H2,1H3,(H2,18,20)(H,19,23). The van der Waals surface area contributed by atoms with Crippen molar-refractivity contribution in [2.24, 2.45) is 0 Å². The zero-order valence-corrected chi connectivity index (χ0v) is 13.3. The number of pyridine rings is 1. The molecule has 1 amide bonds. The van der Waals surface area contributed by atoms with E-state index in [1.54, 1.807) is 19.1 Å². The summed E-state index contributed by atoms with van der Waals surface area (Å²) in [5.74, 6) is 0.256. The third kappa shape index (κ3) is 5.22. The molecule has 7 heteroatoms. The molecule has 2 rings (SSSR count). The molecule has 2 unspecified atom stereocenters. The average Bonchev–Trinajstić information content (AvgIpc) is 2.57. The normalized spacial score (nSPS) is 13.1. The molecular weight excluding hydrogens is 310 g/mol. The van der Waals surface area contributed by atoms with Crippen molar-refractivity contribution in [3.63, 3.8) is 0 Å². The van der Waals surface area contributed by atoms with Crippen LogP contribution < -0.4 is 11.1 Å². The van der Waals surface area contributed by atoms with Gasteiger partial charge in [-0.2, -0.15) is 0 Å². The molecule has 2 aromatic rings. The Kier molecular flexibility index (Phi) is 6.11. The third-order valence-electron chi connectivity index (χ3n) is 3.35. The minimum absolute atomic E-state index is 0.126. The van der Waals surface area contributed by atoms with Gasteiger partial charge in [0, 0.05) is 6.54 Å². The first kappa shape index (κ1) is 17.7. The van der Waals surface area contributed by atoms with Gasteiger partial charge in [-0.25, -0.2) is 9.78 Å². The van der Waals surface area contributed by atoms with Crippen molar-refractivity contribution >= 4 is 11.9 Å². The lowest BCUT2D eigenvalue weighted by Gasteiger charge is -2.18. The van der Waals surface area contributed by atoms with Crippen molar-refractivity contribution in [2.75, 3.05) is 12.3 Å². The van der Waals surface area contributed by atoms with E-state index in [1.165, 1.54) is 0 Å². The number of carbonyl (C=O) groups is 1. The van der Waals surface area contributed by atoms with Crippen molar-refractivity contribution in [2.45, 2.75) is 25.7 Å². The molecule has 0 saturated heterocycles. The Labute approximate surface area is 140 Å². The number of aliphatic hydroxyl groups excluding tert-OH is 2. The van der Waals surface area contributed by atoms with Crippen LogP contribution in [0.5, 0.6) is 0 Å². The van der Waals surface area contributed by atoms with Gasteiger partial charge < -0.3 is 26.0 Å². The zero-order chi connectivity index (χ0) is 17.5. The number of hydrogen-bond donors (Lipinski definition) is 4. The highest BCUT2D eigenvalue weighted by Gasteiger charge is 2.21. The molecule has 5 N–H and O–H groups in total. The summed E-state index contributed by atoms with van der Waals surface area (Å²) >= 11 is 0. The SMILES string of the molecule is Cc1cc(N)nc(C(O)C(O)CNC(=O)OCc2ccccc2)c1. The Morgan fingerprint density at radius 3 is 2.67 bits per heavy atom. The maximum atomic E-state index is 11.6. The van der Waals surface area contributed by atoms with Gasteiger partial charge in [-0.15, -0.1) is 0 Å². The van der Waals surface area contributed by atoms with Gasteiger partial charge in [-0.3, -0.25) is 0 Å². The second-order valence-electron chi connectivity index (χ2n) is 5.45. The number of ether oxygens (including phenoxy) is 1. The zero-order valence-electron chi connectivity index (χ0n) is 13.3. The summed E-state index contributed by atoms with van der Waals surface area (Å²) < 4.78 is 5.02. The number of nitrogens with two attached hydrogens (primary N) is 1. The fourth-order valence-corrected chi connectivity index (χ4v) is 2.14. The Hall–Kier alpha value is -2.64. The molecule has 24 heavy (non-hydrogen) atoms. The Morgan fingerprint density at radius 1 is 1.29 bits per heavy atom. The molecule has 0 spiro atoms. The van der Waals surface area contributed by atoms with Gasteiger partial charge in [0.25, 0.3) is 0 Å². The van der Waals surface area contributed by atoms with Gasteiger partial charge in [0.2, 0.25) is 0 Å². The minimum Gasteiger partial charge on any atom is -0.445 e.